The van der Waals surface area contributed by atoms with Crippen LogP contribution in [0.2, 0.25) is 0 Å². The van der Waals surface area contributed by atoms with Crippen LogP contribution in [0.1, 0.15) is 11.1 Å². The molecule has 0 bridgehead atoms. The molecule has 0 aliphatic carbocycles. The van der Waals surface area contributed by atoms with E-state index in [2.05, 4.69) is 16.4 Å². The van der Waals surface area contributed by atoms with Crippen LogP contribution in [0.3, 0.4) is 0 Å². The molecule has 5 heteroatoms. The lowest BCUT2D eigenvalue weighted by Crippen LogP contribution is -2.23. The van der Waals surface area contributed by atoms with Crippen molar-refractivity contribution in [2.24, 2.45) is 0 Å². The van der Waals surface area contributed by atoms with Gasteiger partial charge in [-0.1, -0.05) is 0 Å². The minimum absolute atomic E-state index is 0.137. The fourth-order valence-electron chi connectivity index (χ4n) is 1.78. The molecular formula is C13H23N3O2. The highest BCUT2D eigenvalue weighted by Crippen LogP contribution is 2.16. The monoisotopic (exact) mass is 253 g/mol. The normalized spacial score (nSPS) is 10.7. The van der Waals surface area contributed by atoms with Crippen molar-refractivity contribution < 1.29 is 9.84 Å². The maximum Gasteiger partial charge on any atom is 0.131 e. The second kappa shape index (κ2) is 8.02. The molecule has 5 nitrogen and oxygen atoms in total. The number of hydrogen-bond donors (Lipinski definition) is 2. The number of aromatic nitrogens is 1. The second-order valence-electron chi connectivity index (χ2n) is 4.30. The Morgan fingerprint density at radius 1 is 1.50 bits per heavy atom. The molecule has 0 unspecified atom stereocenters. The zero-order valence-electron chi connectivity index (χ0n) is 11.4. The smallest absolute Gasteiger partial charge is 0.131 e. The van der Waals surface area contributed by atoms with Gasteiger partial charge in [-0.15, -0.1) is 0 Å². The number of aliphatic hydroxyl groups is 1. The molecule has 1 aromatic heterocycles. The molecule has 0 aliphatic rings. The molecule has 1 aromatic rings. The minimum atomic E-state index is 0.137. The van der Waals surface area contributed by atoms with E-state index < -0.39 is 0 Å². The molecule has 0 aliphatic heterocycles. The van der Waals surface area contributed by atoms with E-state index in [1.165, 1.54) is 0 Å². The maximum atomic E-state index is 8.92. The molecule has 0 radical (unpaired) electrons. The van der Waals surface area contributed by atoms with Crippen molar-refractivity contribution >= 4 is 5.82 Å². The number of pyridine rings is 1. The summed E-state index contributed by atoms with van der Waals surface area (Å²) >= 11 is 0. The van der Waals surface area contributed by atoms with Gasteiger partial charge in [-0.2, -0.15) is 0 Å². The summed E-state index contributed by atoms with van der Waals surface area (Å²) in [6.07, 6.45) is 1.87. The fourth-order valence-corrected chi connectivity index (χ4v) is 1.78. The fraction of sp³-hybridized carbons (Fsp3) is 0.615. The summed E-state index contributed by atoms with van der Waals surface area (Å²) in [6, 6.07) is 2.12. The highest BCUT2D eigenvalue weighted by molar-refractivity contribution is 5.46. The van der Waals surface area contributed by atoms with Crippen LogP contribution in [0, 0.1) is 6.92 Å². The first-order valence-corrected chi connectivity index (χ1v) is 6.16. The Hall–Kier alpha value is -1.17. The molecule has 0 fully saturated rings. The van der Waals surface area contributed by atoms with Gasteiger partial charge in [0.25, 0.3) is 0 Å². The van der Waals surface area contributed by atoms with Gasteiger partial charge in [-0.25, -0.2) is 4.98 Å². The highest BCUT2D eigenvalue weighted by Gasteiger charge is 2.06. The van der Waals surface area contributed by atoms with Crippen molar-refractivity contribution in [3.05, 3.63) is 23.4 Å². The predicted molar refractivity (Wildman–Crippen MR) is 72.9 cm³/mol. The maximum absolute atomic E-state index is 8.92. The molecule has 0 saturated heterocycles. The molecule has 0 spiro atoms. The van der Waals surface area contributed by atoms with E-state index in [9.17, 15) is 0 Å². The average molecular weight is 253 g/mol. The summed E-state index contributed by atoms with van der Waals surface area (Å²) < 4.78 is 4.97. The summed E-state index contributed by atoms with van der Waals surface area (Å²) in [4.78, 5) is 6.40. The van der Waals surface area contributed by atoms with Crippen molar-refractivity contribution in [1.29, 1.82) is 0 Å². The molecule has 102 valence electrons. The van der Waals surface area contributed by atoms with E-state index in [1.54, 1.807) is 7.11 Å². The van der Waals surface area contributed by atoms with Gasteiger partial charge < -0.3 is 20.1 Å². The van der Waals surface area contributed by atoms with Crippen LogP contribution in [0.4, 0.5) is 5.82 Å². The number of hydrogen-bond acceptors (Lipinski definition) is 5. The van der Waals surface area contributed by atoms with Crippen molar-refractivity contribution in [1.82, 2.24) is 10.3 Å². The third-order valence-electron chi connectivity index (χ3n) is 2.72. The lowest BCUT2D eigenvalue weighted by Gasteiger charge is -2.19. The van der Waals surface area contributed by atoms with Crippen molar-refractivity contribution in [3.63, 3.8) is 0 Å². The molecule has 0 saturated carbocycles. The molecule has 1 heterocycles. The number of methoxy groups -OCH3 is 1. The van der Waals surface area contributed by atoms with Crippen LogP contribution < -0.4 is 10.2 Å². The Kier molecular flexibility index (Phi) is 6.64. The van der Waals surface area contributed by atoms with Gasteiger partial charge in [-0.05, 0) is 24.1 Å². The number of nitrogens with zero attached hydrogens (tertiary/aromatic N) is 2. The average Bonchev–Trinajstić information content (AvgIpc) is 2.35. The molecule has 0 aromatic carbocycles. The van der Waals surface area contributed by atoms with E-state index in [0.717, 1.165) is 30.0 Å². The Bertz CT molecular complexity index is 358. The van der Waals surface area contributed by atoms with Gasteiger partial charge >= 0.3 is 0 Å². The van der Waals surface area contributed by atoms with E-state index in [0.29, 0.717) is 13.2 Å². The molecule has 18 heavy (non-hydrogen) atoms. The van der Waals surface area contributed by atoms with Crippen LogP contribution in [0.15, 0.2) is 12.3 Å². The Morgan fingerprint density at radius 3 is 2.89 bits per heavy atom. The molecule has 0 amide bonds. The number of ether oxygens (including phenoxy) is 1. The SMILES string of the molecule is COCCNCc1cnc(N(C)CCO)c(C)c1. The number of likely N-dealkylation sites (N-methyl/N-ethyl adjacent to an activating group) is 1. The second-order valence-corrected chi connectivity index (χ2v) is 4.30. The quantitative estimate of drug-likeness (QED) is 0.663. The Labute approximate surface area is 109 Å². The summed E-state index contributed by atoms with van der Waals surface area (Å²) in [5.41, 5.74) is 2.28. The predicted octanol–water partition coefficient (Wildman–Crippen LogP) is 0.555. The Morgan fingerprint density at radius 2 is 2.28 bits per heavy atom. The van der Waals surface area contributed by atoms with Crippen LogP contribution in [-0.2, 0) is 11.3 Å². The van der Waals surface area contributed by atoms with E-state index in [1.807, 2.05) is 25.1 Å². The van der Waals surface area contributed by atoms with Gasteiger partial charge in [0, 0.05) is 40.0 Å². The number of anilines is 1. The summed E-state index contributed by atoms with van der Waals surface area (Å²) in [5, 5.41) is 12.2. The van der Waals surface area contributed by atoms with Gasteiger partial charge in [0.2, 0.25) is 0 Å². The van der Waals surface area contributed by atoms with Crippen molar-refractivity contribution in [2.75, 3.05) is 45.4 Å². The largest absolute Gasteiger partial charge is 0.395 e. The lowest BCUT2D eigenvalue weighted by atomic mass is 10.2. The first-order chi connectivity index (χ1) is 8.69. The Balaban J connectivity index is 2.56. The number of aryl methyl sites for hydroxylation is 1. The number of aliphatic hydroxyl groups excluding tert-OH is 1. The topological polar surface area (TPSA) is 57.6 Å². The van der Waals surface area contributed by atoms with Gasteiger partial charge in [0.05, 0.1) is 13.2 Å². The zero-order chi connectivity index (χ0) is 13.4. The van der Waals surface area contributed by atoms with Crippen molar-refractivity contribution in [2.45, 2.75) is 13.5 Å². The third kappa shape index (κ3) is 4.60. The van der Waals surface area contributed by atoms with Crippen LogP contribution >= 0.6 is 0 Å². The lowest BCUT2D eigenvalue weighted by molar-refractivity contribution is 0.199. The highest BCUT2D eigenvalue weighted by atomic mass is 16.5. The van der Waals surface area contributed by atoms with Gasteiger partial charge in [0.1, 0.15) is 5.82 Å². The summed E-state index contributed by atoms with van der Waals surface area (Å²) in [5.74, 6) is 0.921. The number of rotatable bonds is 8. The van der Waals surface area contributed by atoms with Crippen LogP contribution in [0.5, 0.6) is 0 Å². The molecule has 2 N–H and O–H groups in total. The first kappa shape index (κ1) is 14.9. The van der Waals surface area contributed by atoms with Gasteiger partial charge in [-0.3, -0.25) is 0 Å². The summed E-state index contributed by atoms with van der Waals surface area (Å²) in [7, 11) is 3.63. The summed E-state index contributed by atoms with van der Waals surface area (Å²) in [6.45, 7) is 5.11. The first-order valence-electron chi connectivity index (χ1n) is 6.16. The zero-order valence-corrected chi connectivity index (χ0v) is 11.4. The van der Waals surface area contributed by atoms with E-state index in [-0.39, 0.29) is 6.61 Å². The standard InChI is InChI=1S/C13H23N3O2/c1-11-8-12(9-14-4-7-18-3)10-15-13(11)16(2)5-6-17/h8,10,14,17H,4-7,9H2,1-3H3. The molecule has 0 atom stereocenters. The minimum Gasteiger partial charge on any atom is -0.395 e. The molecular weight excluding hydrogens is 230 g/mol. The van der Waals surface area contributed by atoms with E-state index >= 15 is 0 Å². The van der Waals surface area contributed by atoms with Crippen LogP contribution in [0.25, 0.3) is 0 Å². The van der Waals surface area contributed by atoms with E-state index in [4.69, 9.17) is 9.84 Å². The third-order valence-corrected chi connectivity index (χ3v) is 2.72. The number of nitrogens with one attached hydrogen (secondary N) is 1. The van der Waals surface area contributed by atoms with Gasteiger partial charge in [0.15, 0.2) is 0 Å². The van der Waals surface area contributed by atoms with Crippen molar-refractivity contribution in [3.8, 4) is 0 Å². The van der Waals surface area contributed by atoms with Crippen LogP contribution in [-0.4, -0.2) is 50.6 Å². The molecule has 1 rings (SSSR count).